The van der Waals surface area contributed by atoms with Crippen molar-refractivity contribution >= 4 is 5.78 Å². The van der Waals surface area contributed by atoms with Crippen LogP contribution in [0.2, 0.25) is 0 Å². The van der Waals surface area contributed by atoms with E-state index in [1.54, 1.807) is 6.92 Å². The van der Waals surface area contributed by atoms with E-state index in [4.69, 9.17) is 17.2 Å². The second kappa shape index (κ2) is 4.38. The van der Waals surface area contributed by atoms with E-state index < -0.39 is 12.1 Å². The smallest absolute Gasteiger partial charge is 0.165 e. The van der Waals surface area contributed by atoms with Crippen molar-refractivity contribution in [3.05, 3.63) is 0 Å². The van der Waals surface area contributed by atoms with Gasteiger partial charge in [-0.15, -0.1) is 0 Å². The summed E-state index contributed by atoms with van der Waals surface area (Å²) in [5.74, 6) is -0.120. The Kier molecular flexibility index (Phi) is 4.18. The number of hydrogen-bond acceptors (Lipinski definition) is 4. The molecule has 0 amide bonds. The van der Waals surface area contributed by atoms with Crippen LogP contribution in [0.25, 0.3) is 0 Å². The fourth-order valence-corrected chi connectivity index (χ4v) is 0.659. The van der Waals surface area contributed by atoms with Gasteiger partial charge in [-0.1, -0.05) is 0 Å². The van der Waals surface area contributed by atoms with Gasteiger partial charge in [0.2, 0.25) is 0 Å². The highest BCUT2D eigenvalue weighted by molar-refractivity contribution is 5.88. The Balaban J connectivity index is 3.71. The van der Waals surface area contributed by atoms with Crippen molar-refractivity contribution in [2.24, 2.45) is 17.2 Å². The van der Waals surface area contributed by atoms with Crippen molar-refractivity contribution in [2.75, 3.05) is 6.54 Å². The maximum Gasteiger partial charge on any atom is 0.165 e. The van der Waals surface area contributed by atoms with Gasteiger partial charge in [0.1, 0.15) is 0 Å². The first-order valence-electron chi connectivity index (χ1n) is 3.34. The van der Waals surface area contributed by atoms with E-state index in [0.29, 0.717) is 13.0 Å². The summed E-state index contributed by atoms with van der Waals surface area (Å²) in [4.78, 5) is 10.9. The summed E-state index contributed by atoms with van der Waals surface area (Å²) in [5.41, 5.74) is 15.9. The first-order valence-corrected chi connectivity index (χ1v) is 3.34. The maximum absolute atomic E-state index is 10.9. The summed E-state index contributed by atoms with van der Waals surface area (Å²) in [6.45, 7) is 2.05. The highest BCUT2D eigenvalue weighted by Crippen LogP contribution is 1.90. The Labute approximate surface area is 60.7 Å². The Hall–Kier alpha value is -0.450. The molecule has 0 saturated carbocycles. The number of rotatable bonds is 4. The zero-order valence-electron chi connectivity index (χ0n) is 6.21. The third kappa shape index (κ3) is 2.91. The van der Waals surface area contributed by atoms with E-state index in [9.17, 15) is 4.79 Å². The molecule has 0 rings (SSSR count). The van der Waals surface area contributed by atoms with Crippen LogP contribution in [0.15, 0.2) is 0 Å². The molecule has 0 aromatic heterocycles. The first kappa shape index (κ1) is 9.55. The van der Waals surface area contributed by atoms with Crippen LogP contribution in [-0.2, 0) is 4.79 Å². The van der Waals surface area contributed by atoms with E-state index >= 15 is 0 Å². The minimum atomic E-state index is -0.481. The van der Waals surface area contributed by atoms with Crippen LogP contribution in [0.5, 0.6) is 0 Å². The second-order valence-electron chi connectivity index (χ2n) is 2.37. The van der Waals surface area contributed by atoms with E-state index in [-0.39, 0.29) is 5.78 Å². The van der Waals surface area contributed by atoms with Crippen molar-refractivity contribution < 1.29 is 4.79 Å². The molecule has 2 unspecified atom stereocenters. The highest BCUT2D eigenvalue weighted by atomic mass is 16.1. The van der Waals surface area contributed by atoms with Gasteiger partial charge in [0, 0.05) is 0 Å². The van der Waals surface area contributed by atoms with Gasteiger partial charge in [-0.2, -0.15) is 0 Å². The standard InChI is InChI=1S/C6H15N3O/c1-4(8)6(10)5(9)2-3-7/h4-5H,2-3,7-9H2,1H3. The van der Waals surface area contributed by atoms with Gasteiger partial charge in [-0.05, 0) is 19.9 Å². The minimum Gasteiger partial charge on any atom is -0.330 e. The molecule has 4 nitrogen and oxygen atoms in total. The van der Waals surface area contributed by atoms with Crippen LogP contribution in [-0.4, -0.2) is 24.4 Å². The number of Topliss-reactive ketones (excluding diaryl/α,β-unsaturated/α-hetero) is 1. The fourth-order valence-electron chi connectivity index (χ4n) is 0.659. The van der Waals surface area contributed by atoms with Crippen LogP contribution in [0, 0.1) is 0 Å². The van der Waals surface area contributed by atoms with Crippen molar-refractivity contribution in [1.82, 2.24) is 0 Å². The highest BCUT2D eigenvalue weighted by Gasteiger charge is 2.15. The molecular weight excluding hydrogens is 130 g/mol. The monoisotopic (exact) mass is 145 g/mol. The third-order valence-corrected chi connectivity index (χ3v) is 1.29. The molecule has 4 heteroatoms. The average Bonchev–Trinajstić information content (AvgIpc) is 1.87. The van der Waals surface area contributed by atoms with Crippen LogP contribution < -0.4 is 17.2 Å². The average molecular weight is 145 g/mol. The molecule has 0 aromatic carbocycles. The summed E-state index contributed by atoms with van der Waals surface area (Å²) >= 11 is 0. The van der Waals surface area contributed by atoms with Gasteiger partial charge in [-0.3, -0.25) is 4.79 Å². The van der Waals surface area contributed by atoms with E-state index in [0.717, 1.165) is 0 Å². The molecular formula is C6H15N3O. The Morgan fingerprint density at radius 2 is 2.00 bits per heavy atom. The molecule has 0 bridgehead atoms. The summed E-state index contributed by atoms with van der Waals surface area (Å²) in [5, 5.41) is 0. The molecule has 0 aliphatic heterocycles. The van der Waals surface area contributed by atoms with Crippen LogP contribution in [0.1, 0.15) is 13.3 Å². The SMILES string of the molecule is CC(N)C(=O)C(N)CCN. The van der Waals surface area contributed by atoms with E-state index in [2.05, 4.69) is 0 Å². The molecule has 60 valence electrons. The van der Waals surface area contributed by atoms with Gasteiger partial charge in [0.05, 0.1) is 12.1 Å². The summed E-state index contributed by atoms with van der Waals surface area (Å²) in [6.07, 6.45) is 0.514. The zero-order valence-corrected chi connectivity index (χ0v) is 6.21. The van der Waals surface area contributed by atoms with Crippen molar-refractivity contribution in [3.63, 3.8) is 0 Å². The van der Waals surface area contributed by atoms with Crippen molar-refractivity contribution in [3.8, 4) is 0 Å². The summed E-state index contributed by atoms with van der Waals surface area (Å²) < 4.78 is 0. The lowest BCUT2D eigenvalue weighted by molar-refractivity contribution is -0.121. The Morgan fingerprint density at radius 3 is 2.30 bits per heavy atom. The molecule has 0 aromatic rings. The molecule has 10 heavy (non-hydrogen) atoms. The van der Waals surface area contributed by atoms with E-state index in [1.165, 1.54) is 0 Å². The van der Waals surface area contributed by atoms with E-state index in [1.807, 2.05) is 0 Å². The molecule has 0 saturated heterocycles. The molecule has 0 fully saturated rings. The zero-order chi connectivity index (χ0) is 8.15. The molecule has 0 spiro atoms. The topological polar surface area (TPSA) is 95.1 Å². The van der Waals surface area contributed by atoms with Crippen molar-refractivity contribution in [2.45, 2.75) is 25.4 Å². The first-order chi connectivity index (χ1) is 4.59. The van der Waals surface area contributed by atoms with Gasteiger partial charge in [0.25, 0.3) is 0 Å². The number of hydrogen-bond donors (Lipinski definition) is 3. The quantitative estimate of drug-likeness (QED) is 0.452. The number of carbonyl (C=O) groups excluding carboxylic acids is 1. The second-order valence-corrected chi connectivity index (χ2v) is 2.37. The third-order valence-electron chi connectivity index (χ3n) is 1.29. The molecule has 0 heterocycles. The van der Waals surface area contributed by atoms with Crippen LogP contribution in [0.4, 0.5) is 0 Å². The molecule has 2 atom stereocenters. The van der Waals surface area contributed by atoms with Crippen LogP contribution >= 0.6 is 0 Å². The summed E-state index contributed by atoms with van der Waals surface area (Å²) in [7, 11) is 0. The van der Waals surface area contributed by atoms with Gasteiger partial charge in [0.15, 0.2) is 5.78 Å². The van der Waals surface area contributed by atoms with Gasteiger partial charge >= 0.3 is 0 Å². The number of carbonyl (C=O) groups is 1. The summed E-state index contributed by atoms with van der Waals surface area (Å²) in [6, 6.07) is -0.952. The normalized spacial score (nSPS) is 16.4. The van der Waals surface area contributed by atoms with Crippen LogP contribution in [0.3, 0.4) is 0 Å². The fraction of sp³-hybridized carbons (Fsp3) is 0.833. The Bertz CT molecular complexity index is 114. The Morgan fingerprint density at radius 1 is 1.50 bits per heavy atom. The lowest BCUT2D eigenvalue weighted by Crippen LogP contribution is -2.42. The predicted molar refractivity (Wildman–Crippen MR) is 40.3 cm³/mol. The maximum atomic E-state index is 10.9. The largest absolute Gasteiger partial charge is 0.330 e. The van der Waals surface area contributed by atoms with Gasteiger partial charge in [-0.25, -0.2) is 0 Å². The lowest BCUT2D eigenvalue weighted by Gasteiger charge is -2.10. The van der Waals surface area contributed by atoms with Crippen molar-refractivity contribution in [1.29, 1.82) is 0 Å². The molecule has 6 N–H and O–H groups in total. The van der Waals surface area contributed by atoms with Gasteiger partial charge < -0.3 is 17.2 Å². The minimum absolute atomic E-state index is 0.120. The number of nitrogens with two attached hydrogens (primary N) is 3. The molecule has 0 aliphatic carbocycles. The molecule has 0 radical (unpaired) electrons. The lowest BCUT2D eigenvalue weighted by atomic mass is 10.1. The predicted octanol–water partition coefficient (Wildman–Crippen LogP) is -1.42. The number of ketones is 1. The molecule has 0 aliphatic rings.